The fourth-order valence-corrected chi connectivity index (χ4v) is 6.27. The maximum atomic E-state index is 13.4. The Morgan fingerprint density at radius 1 is 0.895 bits per heavy atom. The number of ether oxygens (including phenoxy) is 2. The predicted octanol–water partition coefficient (Wildman–Crippen LogP) is 7.63. The van der Waals surface area contributed by atoms with Crippen molar-refractivity contribution >= 4 is 6.09 Å². The lowest BCUT2D eigenvalue weighted by molar-refractivity contribution is -0.274. The van der Waals surface area contributed by atoms with Gasteiger partial charge >= 0.3 is 12.5 Å². The molecule has 4 nitrogen and oxygen atoms in total. The molecule has 0 aromatic heterocycles. The molecule has 196 valence electrons. The van der Waals surface area contributed by atoms with Gasteiger partial charge < -0.3 is 9.47 Å². The van der Waals surface area contributed by atoms with Crippen LogP contribution in [-0.4, -0.2) is 36.0 Å². The minimum atomic E-state index is -4.70. The van der Waals surface area contributed by atoms with Gasteiger partial charge in [0, 0.05) is 12.0 Å². The smallest absolute Gasteiger partial charge is 0.448 e. The third kappa shape index (κ3) is 4.89. The van der Waals surface area contributed by atoms with Crippen molar-refractivity contribution in [2.75, 3.05) is 6.61 Å². The Bertz CT molecular complexity index is 1320. The highest BCUT2D eigenvalue weighted by Crippen LogP contribution is 2.45. The van der Waals surface area contributed by atoms with Crippen molar-refractivity contribution < 1.29 is 27.4 Å². The van der Waals surface area contributed by atoms with Gasteiger partial charge in [0.25, 0.3) is 0 Å². The average molecular weight is 520 g/mol. The number of halogens is 3. The third-order valence-electron chi connectivity index (χ3n) is 7.85. The highest BCUT2D eigenvalue weighted by Gasteiger charge is 2.39. The number of alkyl halides is 3. The number of amides is 1. The number of hydrogen-bond donors (Lipinski definition) is 0. The first-order valence-corrected chi connectivity index (χ1v) is 13.0. The van der Waals surface area contributed by atoms with Gasteiger partial charge in [-0.05, 0) is 72.1 Å². The van der Waals surface area contributed by atoms with Crippen molar-refractivity contribution in [3.63, 3.8) is 0 Å². The number of benzene rings is 3. The summed E-state index contributed by atoms with van der Waals surface area (Å²) in [6, 6.07) is 22.6. The summed E-state index contributed by atoms with van der Waals surface area (Å²) < 4.78 is 47.3. The number of nitrogens with zero attached hydrogens (tertiary/aromatic N) is 1. The Morgan fingerprint density at radius 2 is 1.55 bits per heavy atom. The van der Waals surface area contributed by atoms with Crippen molar-refractivity contribution in [3.05, 3.63) is 101 Å². The van der Waals surface area contributed by atoms with Crippen LogP contribution in [0.25, 0.3) is 11.1 Å². The monoisotopic (exact) mass is 519 g/mol. The van der Waals surface area contributed by atoms with E-state index in [0.29, 0.717) is 13.0 Å². The lowest BCUT2D eigenvalue weighted by Gasteiger charge is -2.44. The molecule has 3 aromatic rings. The van der Waals surface area contributed by atoms with Gasteiger partial charge in [0.1, 0.15) is 12.4 Å². The molecule has 7 heteroatoms. The van der Waals surface area contributed by atoms with E-state index in [4.69, 9.17) is 4.74 Å². The van der Waals surface area contributed by atoms with Gasteiger partial charge in [0.15, 0.2) is 0 Å². The fraction of sp³-hybridized carbons (Fsp3) is 0.323. The van der Waals surface area contributed by atoms with Crippen LogP contribution in [0.2, 0.25) is 0 Å². The number of carbonyl (C=O) groups is 1. The van der Waals surface area contributed by atoms with Gasteiger partial charge in [-0.3, -0.25) is 4.90 Å². The van der Waals surface area contributed by atoms with Crippen LogP contribution < -0.4 is 4.74 Å². The number of piperidine rings is 1. The second-order valence-corrected chi connectivity index (χ2v) is 10.3. The van der Waals surface area contributed by atoms with E-state index in [1.807, 2.05) is 29.2 Å². The Labute approximate surface area is 219 Å². The zero-order chi connectivity index (χ0) is 26.3. The minimum absolute atomic E-state index is 0.0198. The molecular formula is C31H28F3NO3. The number of fused-ring (bicyclic) bond motifs is 5. The summed E-state index contributed by atoms with van der Waals surface area (Å²) in [5, 5.41) is 0. The first kappa shape index (κ1) is 24.6. The Kier molecular flexibility index (Phi) is 6.38. The summed E-state index contributed by atoms with van der Waals surface area (Å²) in [6.07, 6.45) is 1.39. The van der Waals surface area contributed by atoms with E-state index >= 15 is 0 Å². The molecule has 1 fully saturated rings. The second kappa shape index (κ2) is 9.86. The Hall–Kier alpha value is -3.74. The molecule has 0 saturated carbocycles. The molecule has 6 rings (SSSR count). The van der Waals surface area contributed by atoms with Crippen LogP contribution in [0, 0.1) is 0 Å². The summed E-state index contributed by atoms with van der Waals surface area (Å²) in [5.74, 6) is -0.205. The zero-order valence-electron chi connectivity index (χ0n) is 20.8. The SMILES string of the molecule is O=C(OCC1c2ccccc2-c2ccccc21)N1C2C=C(Cc3ccc(OC(F)(F)F)cc3)CC1CCC2. The van der Waals surface area contributed by atoms with Crippen LogP contribution in [0.15, 0.2) is 84.4 Å². The maximum absolute atomic E-state index is 13.4. The van der Waals surface area contributed by atoms with Crippen LogP contribution >= 0.6 is 0 Å². The van der Waals surface area contributed by atoms with Crippen LogP contribution in [0.5, 0.6) is 5.75 Å². The molecule has 2 heterocycles. The van der Waals surface area contributed by atoms with Gasteiger partial charge in [-0.15, -0.1) is 13.2 Å². The molecule has 0 N–H and O–H groups in total. The Balaban J connectivity index is 1.13. The maximum Gasteiger partial charge on any atom is 0.573 e. The van der Waals surface area contributed by atoms with Crippen molar-refractivity contribution in [1.82, 2.24) is 4.90 Å². The molecule has 2 bridgehead atoms. The second-order valence-electron chi connectivity index (χ2n) is 10.3. The van der Waals surface area contributed by atoms with Gasteiger partial charge in [0.2, 0.25) is 0 Å². The normalized spacial score (nSPS) is 20.4. The topological polar surface area (TPSA) is 38.8 Å². The van der Waals surface area contributed by atoms with Crippen molar-refractivity contribution in [1.29, 1.82) is 0 Å². The minimum Gasteiger partial charge on any atom is -0.448 e. The molecule has 0 radical (unpaired) electrons. The summed E-state index contributed by atoms with van der Waals surface area (Å²) >= 11 is 0. The molecule has 3 aliphatic rings. The number of hydrogen-bond acceptors (Lipinski definition) is 3. The number of carbonyl (C=O) groups excluding carboxylic acids is 1. The van der Waals surface area contributed by atoms with E-state index in [-0.39, 0.29) is 29.8 Å². The quantitative estimate of drug-likeness (QED) is 0.325. The first-order chi connectivity index (χ1) is 18.4. The molecule has 2 unspecified atom stereocenters. The van der Waals surface area contributed by atoms with Gasteiger partial charge in [-0.1, -0.05) is 72.3 Å². The summed E-state index contributed by atoms with van der Waals surface area (Å²) in [5.41, 5.74) is 6.89. The Morgan fingerprint density at radius 3 is 2.18 bits per heavy atom. The molecule has 38 heavy (non-hydrogen) atoms. The molecule has 2 atom stereocenters. The highest BCUT2D eigenvalue weighted by molar-refractivity contribution is 5.79. The van der Waals surface area contributed by atoms with E-state index in [9.17, 15) is 18.0 Å². The van der Waals surface area contributed by atoms with E-state index < -0.39 is 6.36 Å². The molecule has 2 aliphatic heterocycles. The van der Waals surface area contributed by atoms with Gasteiger partial charge in [-0.25, -0.2) is 4.79 Å². The molecule has 1 aliphatic carbocycles. The largest absolute Gasteiger partial charge is 0.573 e. The highest BCUT2D eigenvalue weighted by atomic mass is 19.4. The molecule has 1 amide bonds. The van der Waals surface area contributed by atoms with Crippen molar-refractivity contribution in [2.24, 2.45) is 0 Å². The molecule has 3 aromatic carbocycles. The first-order valence-electron chi connectivity index (χ1n) is 13.0. The number of rotatable bonds is 5. The summed E-state index contributed by atoms with van der Waals surface area (Å²) in [4.78, 5) is 15.3. The molecule has 0 spiro atoms. The lowest BCUT2D eigenvalue weighted by Crippen LogP contribution is -2.52. The summed E-state index contributed by atoms with van der Waals surface area (Å²) in [6.45, 7) is 0.297. The predicted molar refractivity (Wildman–Crippen MR) is 138 cm³/mol. The van der Waals surface area contributed by atoms with Crippen LogP contribution in [-0.2, 0) is 11.2 Å². The average Bonchev–Trinajstić information content (AvgIpc) is 3.21. The van der Waals surface area contributed by atoms with Crippen LogP contribution in [0.4, 0.5) is 18.0 Å². The van der Waals surface area contributed by atoms with E-state index in [2.05, 4.69) is 35.1 Å². The zero-order valence-corrected chi connectivity index (χ0v) is 20.8. The van der Waals surface area contributed by atoms with E-state index in [1.165, 1.54) is 40.0 Å². The van der Waals surface area contributed by atoms with Crippen LogP contribution in [0.3, 0.4) is 0 Å². The van der Waals surface area contributed by atoms with Crippen molar-refractivity contribution in [2.45, 2.75) is 56.5 Å². The standard InChI is InChI=1S/C31H28F3NO3/c32-31(33,34)38-24-14-12-20(13-15-24)16-21-17-22-6-5-7-23(18-21)35(22)30(36)37-19-29-27-10-3-1-8-25(27)26-9-2-4-11-28(26)29/h1-4,8-15,17,22-23,29H,5-7,16,18-19H2. The van der Waals surface area contributed by atoms with E-state index in [0.717, 1.165) is 31.2 Å². The van der Waals surface area contributed by atoms with Gasteiger partial charge in [-0.2, -0.15) is 0 Å². The molecular weight excluding hydrogens is 491 g/mol. The third-order valence-corrected chi connectivity index (χ3v) is 7.85. The van der Waals surface area contributed by atoms with Gasteiger partial charge in [0.05, 0.1) is 6.04 Å². The fourth-order valence-electron chi connectivity index (χ4n) is 6.27. The summed E-state index contributed by atoms with van der Waals surface area (Å²) in [7, 11) is 0. The van der Waals surface area contributed by atoms with Crippen molar-refractivity contribution in [3.8, 4) is 16.9 Å². The lowest BCUT2D eigenvalue weighted by atomic mass is 9.83. The molecule has 1 saturated heterocycles. The van der Waals surface area contributed by atoms with Crippen LogP contribution in [0.1, 0.15) is 48.3 Å². The van der Waals surface area contributed by atoms with E-state index in [1.54, 1.807) is 12.1 Å².